The summed E-state index contributed by atoms with van der Waals surface area (Å²) in [6.07, 6.45) is 2.29. The summed E-state index contributed by atoms with van der Waals surface area (Å²) >= 11 is 0. The lowest BCUT2D eigenvalue weighted by Gasteiger charge is -2.12. The largest absolute Gasteiger partial charge is 0.348 e. The Morgan fingerprint density at radius 1 is 1.15 bits per heavy atom. The number of nitrogens with zero attached hydrogens (tertiary/aromatic N) is 1. The molecule has 7 heteroatoms. The van der Waals surface area contributed by atoms with Gasteiger partial charge in [-0.2, -0.15) is 5.10 Å². The molecule has 3 aromatic rings. The van der Waals surface area contributed by atoms with Crippen LogP contribution in [0.4, 0.5) is 10.1 Å². The maximum Gasteiger partial charge on any atom is 0.255 e. The van der Waals surface area contributed by atoms with Crippen LogP contribution < -0.4 is 10.6 Å². The van der Waals surface area contributed by atoms with Crippen LogP contribution in [0.5, 0.6) is 0 Å². The molecule has 0 atom stereocenters. The third-order valence-electron chi connectivity index (χ3n) is 4.36. The van der Waals surface area contributed by atoms with Crippen LogP contribution in [0, 0.1) is 5.82 Å². The minimum atomic E-state index is -0.412. The lowest BCUT2D eigenvalue weighted by Crippen LogP contribution is -2.17. The van der Waals surface area contributed by atoms with E-state index in [1.165, 1.54) is 24.3 Å². The fraction of sp³-hybridized carbons (Fsp3) is 0.105. The van der Waals surface area contributed by atoms with Crippen LogP contribution in [0.25, 0.3) is 0 Å². The zero-order valence-corrected chi connectivity index (χ0v) is 13.7. The van der Waals surface area contributed by atoms with E-state index in [1.807, 2.05) is 12.1 Å². The number of carbonyl (C=O) groups excluding carboxylic acids is 2. The molecule has 2 amide bonds. The van der Waals surface area contributed by atoms with Crippen molar-refractivity contribution in [3.63, 3.8) is 0 Å². The van der Waals surface area contributed by atoms with Crippen LogP contribution in [0.15, 0.2) is 48.7 Å². The molecule has 0 unspecified atom stereocenters. The van der Waals surface area contributed by atoms with Crippen molar-refractivity contribution in [2.45, 2.75) is 13.0 Å². The molecule has 6 nitrogen and oxygen atoms in total. The lowest BCUT2D eigenvalue weighted by atomic mass is 9.97. The third-order valence-corrected chi connectivity index (χ3v) is 4.36. The fourth-order valence-electron chi connectivity index (χ4n) is 3.06. The Bertz CT molecular complexity index is 982. The first-order valence-corrected chi connectivity index (χ1v) is 8.10. The molecule has 0 bridgehead atoms. The molecule has 26 heavy (non-hydrogen) atoms. The average Bonchev–Trinajstić information content (AvgIpc) is 3.28. The van der Waals surface area contributed by atoms with Gasteiger partial charge in [0, 0.05) is 30.4 Å². The van der Waals surface area contributed by atoms with E-state index in [4.69, 9.17) is 0 Å². The molecule has 1 aliphatic heterocycles. The van der Waals surface area contributed by atoms with Crippen molar-refractivity contribution in [3.05, 3.63) is 82.4 Å². The predicted octanol–water partition coefficient (Wildman–Crippen LogP) is 2.64. The van der Waals surface area contributed by atoms with E-state index in [9.17, 15) is 14.0 Å². The second-order valence-corrected chi connectivity index (χ2v) is 6.03. The number of rotatable bonds is 4. The molecule has 4 rings (SSSR count). The van der Waals surface area contributed by atoms with Gasteiger partial charge in [-0.25, -0.2) is 4.39 Å². The van der Waals surface area contributed by atoms with Gasteiger partial charge < -0.3 is 10.6 Å². The first kappa shape index (κ1) is 16.0. The molecule has 0 spiro atoms. The number of aromatic amines is 1. The van der Waals surface area contributed by atoms with Crippen LogP contribution in [0.2, 0.25) is 0 Å². The molecule has 0 saturated heterocycles. The summed E-state index contributed by atoms with van der Waals surface area (Å²) in [6, 6.07) is 10.7. The average molecular weight is 350 g/mol. The van der Waals surface area contributed by atoms with Crippen LogP contribution in [-0.2, 0) is 13.0 Å². The molecule has 0 aliphatic carbocycles. The molecule has 2 heterocycles. The first-order valence-electron chi connectivity index (χ1n) is 8.10. The number of fused-ring (bicyclic) bond motifs is 1. The van der Waals surface area contributed by atoms with E-state index in [2.05, 4.69) is 20.8 Å². The molecule has 3 N–H and O–H groups in total. The Labute approximate surface area is 148 Å². The van der Waals surface area contributed by atoms with Gasteiger partial charge in [0.15, 0.2) is 0 Å². The molecule has 0 fully saturated rings. The van der Waals surface area contributed by atoms with E-state index < -0.39 is 11.7 Å². The van der Waals surface area contributed by atoms with Crippen LogP contribution in [0.3, 0.4) is 0 Å². The van der Waals surface area contributed by atoms with E-state index in [0.717, 1.165) is 16.8 Å². The van der Waals surface area contributed by atoms with Gasteiger partial charge in [-0.3, -0.25) is 14.7 Å². The van der Waals surface area contributed by atoms with Crippen molar-refractivity contribution >= 4 is 17.5 Å². The molecule has 2 aromatic carbocycles. The number of halogens is 1. The second kappa shape index (κ2) is 6.44. The van der Waals surface area contributed by atoms with Gasteiger partial charge in [-0.15, -0.1) is 0 Å². The highest BCUT2D eigenvalue weighted by Gasteiger charge is 2.26. The quantitative estimate of drug-likeness (QED) is 0.676. The summed E-state index contributed by atoms with van der Waals surface area (Å²) in [4.78, 5) is 24.7. The van der Waals surface area contributed by atoms with Crippen LogP contribution >= 0.6 is 0 Å². The van der Waals surface area contributed by atoms with Crippen molar-refractivity contribution in [2.24, 2.45) is 0 Å². The van der Waals surface area contributed by atoms with Gasteiger partial charge in [0.1, 0.15) is 5.82 Å². The number of aromatic nitrogens is 2. The standard InChI is InChI=1S/C19H15FN4O2/c20-13-4-1-11(2-5-13)18(25)23-16-6-3-12(9-14-7-8-22-24-14)15-10-21-19(26)17(15)16/h1-8H,9-10H2,(H,21,26)(H,22,24)(H,23,25). The van der Waals surface area contributed by atoms with Gasteiger partial charge in [-0.05, 0) is 47.5 Å². The van der Waals surface area contributed by atoms with Crippen molar-refractivity contribution in [1.82, 2.24) is 15.5 Å². The highest BCUT2D eigenvalue weighted by atomic mass is 19.1. The maximum absolute atomic E-state index is 13.0. The number of carbonyl (C=O) groups is 2. The zero-order chi connectivity index (χ0) is 18.1. The zero-order valence-electron chi connectivity index (χ0n) is 13.7. The van der Waals surface area contributed by atoms with Crippen molar-refractivity contribution in [1.29, 1.82) is 0 Å². The number of nitrogens with one attached hydrogen (secondary N) is 3. The number of anilines is 1. The van der Waals surface area contributed by atoms with Gasteiger partial charge in [0.2, 0.25) is 0 Å². The molecule has 1 aromatic heterocycles. The van der Waals surface area contributed by atoms with Crippen molar-refractivity contribution in [3.8, 4) is 0 Å². The number of hydrogen-bond acceptors (Lipinski definition) is 3. The molecule has 0 radical (unpaired) electrons. The second-order valence-electron chi connectivity index (χ2n) is 6.03. The summed E-state index contributed by atoms with van der Waals surface area (Å²) in [6.45, 7) is 0.415. The molecule has 130 valence electrons. The minimum Gasteiger partial charge on any atom is -0.348 e. The van der Waals surface area contributed by atoms with Gasteiger partial charge in [-0.1, -0.05) is 6.07 Å². The van der Waals surface area contributed by atoms with Gasteiger partial charge in [0.25, 0.3) is 11.8 Å². The Morgan fingerprint density at radius 2 is 1.96 bits per heavy atom. The first-order chi connectivity index (χ1) is 12.6. The Kier molecular flexibility index (Phi) is 3.96. The smallest absolute Gasteiger partial charge is 0.255 e. The summed E-state index contributed by atoms with van der Waals surface area (Å²) in [5.41, 5.74) is 4.02. The molecule has 1 aliphatic rings. The molecular weight excluding hydrogens is 335 g/mol. The summed E-state index contributed by atoms with van der Waals surface area (Å²) in [5, 5.41) is 12.4. The lowest BCUT2D eigenvalue weighted by molar-refractivity contribution is 0.0966. The van der Waals surface area contributed by atoms with E-state index in [-0.39, 0.29) is 5.91 Å². The van der Waals surface area contributed by atoms with Crippen LogP contribution in [0.1, 0.15) is 37.5 Å². The number of amides is 2. The van der Waals surface area contributed by atoms with Crippen molar-refractivity contribution in [2.75, 3.05) is 5.32 Å². The maximum atomic E-state index is 13.0. The predicted molar refractivity (Wildman–Crippen MR) is 93.4 cm³/mol. The summed E-state index contributed by atoms with van der Waals surface area (Å²) < 4.78 is 13.0. The topological polar surface area (TPSA) is 86.9 Å². The Balaban J connectivity index is 1.65. The van der Waals surface area contributed by atoms with E-state index in [0.29, 0.717) is 29.8 Å². The van der Waals surface area contributed by atoms with Gasteiger partial charge in [0.05, 0.1) is 11.3 Å². The van der Waals surface area contributed by atoms with E-state index >= 15 is 0 Å². The fourth-order valence-corrected chi connectivity index (χ4v) is 3.06. The van der Waals surface area contributed by atoms with Gasteiger partial charge >= 0.3 is 0 Å². The number of hydrogen-bond donors (Lipinski definition) is 3. The Hall–Kier alpha value is -3.48. The molecule has 0 saturated carbocycles. The minimum absolute atomic E-state index is 0.221. The summed E-state index contributed by atoms with van der Waals surface area (Å²) in [7, 11) is 0. The van der Waals surface area contributed by atoms with Crippen molar-refractivity contribution < 1.29 is 14.0 Å². The normalized spacial score (nSPS) is 12.6. The SMILES string of the molecule is O=C(Nc1ccc(Cc2ccn[nH]2)c2c1C(=O)NC2)c1ccc(F)cc1. The van der Waals surface area contributed by atoms with Crippen LogP contribution in [-0.4, -0.2) is 22.0 Å². The Morgan fingerprint density at radius 3 is 2.69 bits per heavy atom. The highest BCUT2D eigenvalue weighted by Crippen LogP contribution is 2.29. The summed E-state index contributed by atoms with van der Waals surface area (Å²) in [5.74, 6) is -1.03. The highest BCUT2D eigenvalue weighted by molar-refractivity contribution is 6.10. The monoisotopic (exact) mass is 350 g/mol. The third kappa shape index (κ3) is 2.95. The van der Waals surface area contributed by atoms with E-state index in [1.54, 1.807) is 12.3 Å². The number of benzene rings is 2. The molecular formula is C19H15FN4O2. The number of H-pyrrole nitrogens is 1.